The third-order valence-corrected chi connectivity index (χ3v) is 3.27. The molecule has 0 bridgehead atoms. The van der Waals surface area contributed by atoms with Gasteiger partial charge in [0.05, 0.1) is 13.7 Å². The Kier molecular flexibility index (Phi) is 4.79. The molecule has 2 rings (SSSR count). The number of benzene rings is 1. The van der Waals surface area contributed by atoms with E-state index >= 15 is 0 Å². The zero-order valence-electron chi connectivity index (χ0n) is 11.0. The Morgan fingerprint density at radius 1 is 1.25 bits per heavy atom. The van der Waals surface area contributed by atoms with Crippen molar-refractivity contribution in [1.29, 1.82) is 0 Å². The Morgan fingerprint density at radius 2 is 1.90 bits per heavy atom. The maximum Gasteiger partial charge on any atom is 0.157 e. The van der Waals surface area contributed by atoms with Gasteiger partial charge >= 0.3 is 0 Å². The summed E-state index contributed by atoms with van der Waals surface area (Å²) in [5.74, 6) is 0.692. The summed E-state index contributed by atoms with van der Waals surface area (Å²) in [6.07, 6.45) is -5.63. The van der Waals surface area contributed by atoms with Gasteiger partial charge in [-0.2, -0.15) is 0 Å². The number of rotatable bonds is 5. The summed E-state index contributed by atoms with van der Waals surface area (Å²) in [6, 6.07) is 6.94. The zero-order chi connectivity index (χ0) is 14.7. The normalized spacial score (nSPS) is 31.1. The highest BCUT2D eigenvalue weighted by molar-refractivity contribution is 5.47. The third-order valence-electron chi connectivity index (χ3n) is 3.27. The van der Waals surface area contributed by atoms with E-state index in [2.05, 4.69) is 5.32 Å². The van der Waals surface area contributed by atoms with Gasteiger partial charge in [0, 0.05) is 5.69 Å². The van der Waals surface area contributed by atoms with Crippen LogP contribution in [-0.2, 0) is 4.74 Å². The molecular formula is C13H19NO6. The van der Waals surface area contributed by atoms with Gasteiger partial charge in [0.25, 0.3) is 0 Å². The van der Waals surface area contributed by atoms with Crippen LogP contribution in [0.5, 0.6) is 5.75 Å². The smallest absolute Gasteiger partial charge is 0.157 e. The van der Waals surface area contributed by atoms with Crippen LogP contribution in [0.2, 0.25) is 0 Å². The summed E-state index contributed by atoms with van der Waals surface area (Å²) in [4.78, 5) is 0. The first kappa shape index (κ1) is 15.0. The number of aliphatic hydroxyl groups is 4. The number of hydrogen-bond donors (Lipinski definition) is 5. The molecule has 7 nitrogen and oxygen atoms in total. The van der Waals surface area contributed by atoms with E-state index in [1.165, 1.54) is 0 Å². The second-order valence-electron chi connectivity index (χ2n) is 4.63. The molecule has 1 heterocycles. The van der Waals surface area contributed by atoms with Gasteiger partial charge in [0.15, 0.2) is 6.23 Å². The van der Waals surface area contributed by atoms with Crippen molar-refractivity contribution >= 4 is 5.69 Å². The molecule has 0 spiro atoms. The van der Waals surface area contributed by atoms with Gasteiger partial charge in [-0.15, -0.1) is 0 Å². The van der Waals surface area contributed by atoms with Gasteiger partial charge < -0.3 is 35.2 Å². The van der Waals surface area contributed by atoms with Crippen molar-refractivity contribution in [2.75, 3.05) is 19.0 Å². The molecule has 5 N–H and O–H groups in total. The van der Waals surface area contributed by atoms with E-state index in [4.69, 9.17) is 14.6 Å². The minimum absolute atomic E-state index is 0.552. The molecule has 7 heteroatoms. The Labute approximate surface area is 116 Å². The quantitative estimate of drug-likeness (QED) is 0.467. The van der Waals surface area contributed by atoms with E-state index in [1.54, 1.807) is 31.4 Å². The first-order valence-corrected chi connectivity index (χ1v) is 6.28. The van der Waals surface area contributed by atoms with Crippen LogP contribution in [0.15, 0.2) is 24.3 Å². The predicted molar refractivity (Wildman–Crippen MR) is 70.4 cm³/mol. The second-order valence-corrected chi connectivity index (χ2v) is 4.63. The minimum Gasteiger partial charge on any atom is -0.497 e. The molecule has 0 amide bonds. The lowest BCUT2D eigenvalue weighted by Crippen LogP contribution is -2.40. The second kappa shape index (κ2) is 6.38. The minimum atomic E-state index is -1.27. The highest BCUT2D eigenvalue weighted by atomic mass is 16.6. The van der Waals surface area contributed by atoms with Gasteiger partial charge in [-0.05, 0) is 24.3 Å². The lowest BCUT2D eigenvalue weighted by molar-refractivity contribution is -0.0774. The van der Waals surface area contributed by atoms with Crippen molar-refractivity contribution in [2.24, 2.45) is 0 Å². The fourth-order valence-corrected chi connectivity index (χ4v) is 2.10. The standard InChI is InChI=1S/C13H19NO6/c1-19-8-4-2-7(3-5-8)14-13-11(18)10(17)12(20-13)9(16)6-15/h2-5,9-18H,6H2,1H3/t9-,10-,11-,12-,13-/m1/s1. The highest BCUT2D eigenvalue weighted by Crippen LogP contribution is 2.26. The lowest BCUT2D eigenvalue weighted by Gasteiger charge is -2.19. The van der Waals surface area contributed by atoms with E-state index in [9.17, 15) is 15.3 Å². The largest absolute Gasteiger partial charge is 0.497 e. The molecule has 1 saturated heterocycles. The van der Waals surface area contributed by atoms with Crippen molar-refractivity contribution in [1.82, 2.24) is 0 Å². The molecule has 0 saturated carbocycles. The molecule has 5 atom stereocenters. The van der Waals surface area contributed by atoms with Crippen LogP contribution >= 0.6 is 0 Å². The number of methoxy groups -OCH3 is 1. The number of nitrogens with one attached hydrogen (secondary N) is 1. The van der Waals surface area contributed by atoms with Crippen LogP contribution in [0.1, 0.15) is 0 Å². The molecule has 0 aliphatic carbocycles. The molecule has 20 heavy (non-hydrogen) atoms. The summed E-state index contributed by atoms with van der Waals surface area (Å²) in [6.45, 7) is -0.552. The monoisotopic (exact) mass is 285 g/mol. The molecule has 1 aromatic carbocycles. The molecule has 1 aliphatic heterocycles. The average Bonchev–Trinajstić information content (AvgIpc) is 2.76. The molecular weight excluding hydrogens is 266 g/mol. The highest BCUT2D eigenvalue weighted by Gasteiger charge is 2.45. The van der Waals surface area contributed by atoms with Crippen molar-refractivity contribution in [3.63, 3.8) is 0 Å². The Bertz CT molecular complexity index is 425. The van der Waals surface area contributed by atoms with E-state index in [-0.39, 0.29) is 0 Å². The predicted octanol–water partition coefficient (Wildman–Crippen LogP) is -1.09. The SMILES string of the molecule is COc1ccc(N[C@@H]2O[C@H]([C@H](O)CO)[C@H](O)[C@H]2O)cc1. The van der Waals surface area contributed by atoms with Crippen molar-refractivity contribution in [2.45, 2.75) is 30.6 Å². The number of aliphatic hydroxyl groups excluding tert-OH is 4. The van der Waals surface area contributed by atoms with Crippen LogP contribution < -0.4 is 10.1 Å². The average molecular weight is 285 g/mol. The van der Waals surface area contributed by atoms with Gasteiger partial charge in [0.1, 0.15) is 30.2 Å². The van der Waals surface area contributed by atoms with E-state index in [0.29, 0.717) is 11.4 Å². The van der Waals surface area contributed by atoms with Crippen LogP contribution in [0.4, 0.5) is 5.69 Å². The van der Waals surface area contributed by atoms with Gasteiger partial charge in [0.2, 0.25) is 0 Å². The fourth-order valence-electron chi connectivity index (χ4n) is 2.10. The third kappa shape index (κ3) is 3.02. The zero-order valence-corrected chi connectivity index (χ0v) is 11.0. The summed E-state index contributed by atoms with van der Waals surface area (Å²) in [5.41, 5.74) is 0.668. The van der Waals surface area contributed by atoms with Crippen LogP contribution in [-0.4, -0.2) is 64.8 Å². The number of hydrogen-bond acceptors (Lipinski definition) is 7. The summed E-state index contributed by atoms with van der Waals surface area (Å²) < 4.78 is 10.4. The molecule has 112 valence electrons. The van der Waals surface area contributed by atoms with E-state index in [1.807, 2.05) is 0 Å². The summed E-state index contributed by atoms with van der Waals surface area (Å²) in [7, 11) is 1.56. The van der Waals surface area contributed by atoms with Crippen molar-refractivity contribution < 1.29 is 29.9 Å². The molecule has 0 radical (unpaired) electrons. The van der Waals surface area contributed by atoms with Crippen molar-refractivity contribution in [3.05, 3.63) is 24.3 Å². The first-order valence-electron chi connectivity index (χ1n) is 6.28. The van der Waals surface area contributed by atoms with E-state index < -0.39 is 37.3 Å². The van der Waals surface area contributed by atoms with E-state index in [0.717, 1.165) is 0 Å². The molecule has 1 aromatic rings. The van der Waals surface area contributed by atoms with Crippen LogP contribution in [0.25, 0.3) is 0 Å². The Hall–Kier alpha value is -1.38. The molecule has 1 fully saturated rings. The Balaban J connectivity index is 2.02. The van der Waals surface area contributed by atoms with Crippen LogP contribution in [0, 0.1) is 0 Å². The maximum atomic E-state index is 9.88. The summed E-state index contributed by atoms with van der Waals surface area (Å²) >= 11 is 0. The van der Waals surface area contributed by atoms with Gasteiger partial charge in [-0.1, -0.05) is 0 Å². The Morgan fingerprint density at radius 3 is 2.45 bits per heavy atom. The van der Waals surface area contributed by atoms with Gasteiger partial charge in [-0.25, -0.2) is 0 Å². The summed E-state index contributed by atoms with van der Waals surface area (Å²) in [5, 5.41) is 40.9. The topological polar surface area (TPSA) is 111 Å². The number of ether oxygens (including phenoxy) is 2. The first-order chi connectivity index (χ1) is 9.56. The number of anilines is 1. The van der Waals surface area contributed by atoms with Crippen molar-refractivity contribution in [3.8, 4) is 5.75 Å². The molecule has 0 unspecified atom stereocenters. The van der Waals surface area contributed by atoms with Gasteiger partial charge in [-0.3, -0.25) is 0 Å². The van der Waals surface area contributed by atoms with Crippen LogP contribution in [0.3, 0.4) is 0 Å². The molecule has 1 aliphatic rings. The molecule has 0 aromatic heterocycles. The lowest BCUT2D eigenvalue weighted by atomic mass is 10.1. The maximum absolute atomic E-state index is 9.88. The fraction of sp³-hybridized carbons (Fsp3) is 0.538.